The number of nitrogens with two attached hydrogens (primary N) is 1. The molecule has 6 nitrogen and oxygen atoms in total. The lowest BCUT2D eigenvalue weighted by Gasteiger charge is -1.99. The second kappa shape index (κ2) is 5.79. The number of aromatic carboxylic acids is 1. The highest BCUT2D eigenvalue weighted by atomic mass is 32.1. The molecule has 7 heteroatoms. The Hall–Kier alpha value is -1.99. The molecular weight excluding hydrogens is 228 g/mol. The molecule has 16 heavy (non-hydrogen) atoms. The van der Waals surface area contributed by atoms with E-state index in [2.05, 4.69) is 28.2 Å². The summed E-state index contributed by atoms with van der Waals surface area (Å²) in [4.78, 5) is 10.6. The normalized spacial score (nSPS) is 10.1. The minimum atomic E-state index is -0.963. The van der Waals surface area contributed by atoms with Crippen molar-refractivity contribution in [2.75, 3.05) is 0 Å². The summed E-state index contributed by atoms with van der Waals surface area (Å²) in [5.41, 5.74) is 5.64. The first-order valence-corrected chi connectivity index (χ1v) is 4.67. The summed E-state index contributed by atoms with van der Waals surface area (Å²) < 4.78 is 0. The summed E-state index contributed by atoms with van der Waals surface area (Å²) in [5.74, 6) is 4.05. The number of hydrazone groups is 1. The van der Waals surface area contributed by atoms with E-state index in [1.165, 1.54) is 18.3 Å². The first-order chi connectivity index (χ1) is 7.63. The Morgan fingerprint density at radius 3 is 2.56 bits per heavy atom. The number of thiocarbonyl (C=S) groups is 1. The number of benzene rings is 1. The van der Waals surface area contributed by atoms with E-state index < -0.39 is 5.97 Å². The highest BCUT2D eigenvalue weighted by Crippen LogP contribution is 2.01. The van der Waals surface area contributed by atoms with E-state index in [0.29, 0.717) is 0 Å². The maximum atomic E-state index is 10.6. The molecule has 0 saturated heterocycles. The third kappa shape index (κ3) is 3.64. The lowest BCUT2D eigenvalue weighted by Crippen LogP contribution is -2.37. The number of rotatable bonds is 3. The van der Waals surface area contributed by atoms with Crippen LogP contribution in [0.15, 0.2) is 29.4 Å². The predicted molar refractivity (Wildman–Crippen MR) is 64.1 cm³/mol. The molecule has 0 saturated carbocycles. The molecule has 1 rings (SSSR count). The van der Waals surface area contributed by atoms with Crippen molar-refractivity contribution in [3.05, 3.63) is 35.4 Å². The van der Waals surface area contributed by atoms with Crippen LogP contribution in [0.5, 0.6) is 0 Å². The molecule has 5 N–H and O–H groups in total. The van der Waals surface area contributed by atoms with Gasteiger partial charge in [0.25, 0.3) is 0 Å². The SMILES string of the molecule is NNC(=S)N/N=C/c1ccc(C(=O)O)cc1. The first kappa shape index (κ1) is 12.1. The number of carboxylic acids is 1. The van der Waals surface area contributed by atoms with E-state index in [1.807, 2.05) is 0 Å². The van der Waals surface area contributed by atoms with Gasteiger partial charge in [0, 0.05) is 0 Å². The molecule has 1 aromatic carbocycles. The molecule has 0 radical (unpaired) electrons. The van der Waals surface area contributed by atoms with Crippen molar-refractivity contribution in [3.8, 4) is 0 Å². The van der Waals surface area contributed by atoms with Gasteiger partial charge in [-0.05, 0) is 29.9 Å². The average molecular weight is 238 g/mol. The molecule has 0 aliphatic rings. The van der Waals surface area contributed by atoms with Gasteiger partial charge in [-0.3, -0.25) is 10.9 Å². The second-order valence-corrected chi connectivity index (χ2v) is 3.18. The molecule has 0 amide bonds. The van der Waals surface area contributed by atoms with Gasteiger partial charge in [-0.25, -0.2) is 10.6 Å². The topological polar surface area (TPSA) is 99.7 Å². The van der Waals surface area contributed by atoms with E-state index in [9.17, 15) is 4.79 Å². The molecule has 0 aromatic heterocycles. The zero-order valence-corrected chi connectivity index (χ0v) is 8.99. The zero-order valence-electron chi connectivity index (χ0n) is 8.18. The lowest BCUT2D eigenvalue weighted by atomic mass is 10.1. The molecule has 84 valence electrons. The van der Waals surface area contributed by atoms with Crippen LogP contribution in [-0.2, 0) is 0 Å². The van der Waals surface area contributed by atoms with Crippen LogP contribution in [0.25, 0.3) is 0 Å². The number of carbonyl (C=O) groups is 1. The largest absolute Gasteiger partial charge is 0.478 e. The van der Waals surface area contributed by atoms with Crippen molar-refractivity contribution < 1.29 is 9.90 Å². The van der Waals surface area contributed by atoms with Gasteiger partial charge in [-0.1, -0.05) is 12.1 Å². The molecule has 0 heterocycles. The second-order valence-electron chi connectivity index (χ2n) is 2.77. The number of nitrogens with one attached hydrogen (secondary N) is 2. The molecule has 1 aromatic rings. The Bertz CT molecular complexity index is 416. The van der Waals surface area contributed by atoms with Gasteiger partial charge in [-0.2, -0.15) is 5.10 Å². The van der Waals surface area contributed by atoms with Gasteiger partial charge >= 0.3 is 5.97 Å². The summed E-state index contributed by atoms with van der Waals surface area (Å²) in [5, 5.41) is 12.6. The third-order valence-electron chi connectivity index (χ3n) is 1.67. The molecular formula is C9H10N4O2S. The van der Waals surface area contributed by atoms with Crippen LogP contribution in [0.1, 0.15) is 15.9 Å². The van der Waals surface area contributed by atoms with Crippen LogP contribution in [0.3, 0.4) is 0 Å². The van der Waals surface area contributed by atoms with Crippen molar-refractivity contribution in [1.29, 1.82) is 0 Å². The highest BCUT2D eigenvalue weighted by molar-refractivity contribution is 7.80. The lowest BCUT2D eigenvalue weighted by molar-refractivity contribution is 0.0697. The maximum absolute atomic E-state index is 10.6. The minimum Gasteiger partial charge on any atom is -0.478 e. The van der Waals surface area contributed by atoms with Crippen LogP contribution in [0.2, 0.25) is 0 Å². The quantitative estimate of drug-likeness (QED) is 0.257. The molecule has 0 fully saturated rings. The molecule has 0 atom stereocenters. The van der Waals surface area contributed by atoms with E-state index in [-0.39, 0.29) is 10.7 Å². The van der Waals surface area contributed by atoms with Crippen LogP contribution in [0.4, 0.5) is 0 Å². The summed E-state index contributed by atoms with van der Waals surface area (Å²) >= 11 is 4.69. The van der Waals surface area contributed by atoms with Crippen molar-refractivity contribution >= 4 is 29.5 Å². The Morgan fingerprint density at radius 1 is 1.44 bits per heavy atom. The van der Waals surface area contributed by atoms with E-state index in [1.54, 1.807) is 12.1 Å². The zero-order chi connectivity index (χ0) is 12.0. The number of nitrogens with zero attached hydrogens (tertiary/aromatic N) is 1. The molecule has 0 aliphatic carbocycles. The smallest absolute Gasteiger partial charge is 0.335 e. The van der Waals surface area contributed by atoms with Crippen molar-refractivity contribution in [1.82, 2.24) is 10.9 Å². The van der Waals surface area contributed by atoms with E-state index in [0.717, 1.165) is 5.56 Å². The van der Waals surface area contributed by atoms with Crippen LogP contribution >= 0.6 is 12.2 Å². The number of hydrazine groups is 1. The van der Waals surface area contributed by atoms with Crippen molar-refractivity contribution in [2.24, 2.45) is 10.9 Å². The fourth-order valence-corrected chi connectivity index (χ4v) is 0.962. The Balaban J connectivity index is 2.61. The highest BCUT2D eigenvalue weighted by Gasteiger charge is 1.99. The number of carboxylic acid groups (broad SMARTS) is 1. The van der Waals surface area contributed by atoms with Gasteiger partial charge in [-0.15, -0.1) is 0 Å². The van der Waals surface area contributed by atoms with Gasteiger partial charge in [0.05, 0.1) is 11.8 Å². The monoisotopic (exact) mass is 238 g/mol. The number of hydrogen-bond acceptors (Lipinski definition) is 4. The van der Waals surface area contributed by atoms with Crippen LogP contribution in [-0.4, -0.2) is 22.4 Å². The minimum absolute atomic E-state index is 0.193. The Morgan fingerprint density at radius 2 is 2.06 bits per heavy atom. The van der Waals surface area contributed by atoms with Gasteiger partial charge in [0.15, 0.2) is 0 Å². The molecule has 0 bridgehead atoms. The summed E-state index contributed by atoms with van der Waals surface area (Å²) in [6, 6.07) is 6.24. The summed E-state index contributed by atoms with van der Waals surface area (Å²) in [6.07, 6.45) is 1.50. The van der Waals surface area contributed by atoms with Crippen molar-refractivity contribution in [2.45, 2.75) is 0 Å². The fourth-order valence-electron chi connectivity index (χ4n) is 0.909. The van der Waals surface area contributed by atoms with Gasteiger partial charge in [0.2, 0.25) is 5.11 Å². The molecule has 0 unspecified atom stereocenters. The standard InChI is InChI=1S/C9H10N4O2S/c10-12-9(16)13-11-5-6-1-3-7(4-2-6)8(14)15/h1-5H,10H2,(H,14,15)(H2,12,13,16)/b11-5+. The predicted octanol–water partition coefficient (Wildman–Crippen LogP) is 0.0565. The molecule has 0 aliphatic heterocycles. The van der Waals surface area contributed by atoms with Crippen molar-refractivity contribution in [3.63, 3.8) is 0 Å². The van der Waals surface area contributed by atoms with Gasteiger partial charge in [0.1, 0.15) is 0 Å². The maximum Gasteiger partial charge on any atom is 0.335 e. The van der Waals surface area contributed by atoms with E-state index >= 15 is 0 Å². The van der Waals surface area contributed by atoms with E-state index in [4.69, 9.17) is 10.9 Å². The fraction of sp³-hybridized carbons (Fsp3) is 0. The first-order valence-electron chi connectivity index (χ1n) is 4.26. The summed E-state index contributed by atoms with van der Waals surface area (Å²) in [6.45, 7) is 0. The Kier molecular flexibility index (Phi) is 4.37. The Labute approximate surface area is 97.1 Å². The third-order valence-corrected chi connectivity index (χ3v) is 1.88. The molecule has 0 spiro atoms. The van der Waals surface area contributed by atoms with Gasteiger partial charge < -0.3 is 5.11 Å². The average Bonchev–Trinajstić information content (AvgIpc) is 2.29. The van der Waals surface area contributed by atoms with Crippen LogP contribution in [0, 0.1) is 0 Å². The van der Waals surface area contributed by atoms with Crippen LogP contribution < -0.4 is 16.7 Å². The number of hydrogen-bond donors (Lipinski definition) is 4. The summed E-state index contributed by atoms with van der Waals surface area (Å²) in [7, 11) is 0.